The average Bonchev–Trinajstić information content (AvgIpc) is 3.26. The molecule has 2 aliphatic rings. The molecule has 25 heavy (non-hydrogen) atoms. The van der Waals surface area contributed by atoms with Crippen molar-refractivity contribution in [1.82, 2.24) is 20.0 Å². The van der Waals surface area contributed by atoms with Crippen LogP contribution in [-0.4, -0.2) is 75.4 Å². The van der Waals surface area contributed by atoms with E-state index in [1.165, 1.54) is 24.2 Å². The van der Waals surface area contributed by atoms with Gasteiger partial charge in [0.2, 0.25) is 11.0 Å². The van der Waals surface area contributed by atoms with E-state index in [4.69, 9.17) is 0 Å². The van der Waals surface area contributed by atoms with Gasteiger partial charge in [-0.1, -0.05) is 18.3 Å². The van der Waals surface area contributed by atoms with Gasteiger partial charge in [0.15, 0.2) is 0 Å². The Morgan fingerprint density at radius 1 is 1.28 bits per heavy atom. The second-order valence-corrected chi connectivity index (χ2v) is 8.33. The summed E-state index contributed by atoms with van der Waals surface area (Å²) in [6.45, 7) is 8.41. The number of β-amino-alcohol motifs (C(OH)–C–C–N with tert-alkyl or cyclic N) is 1. The smallest absolute Gasteiger partial charge is 0.243 e. The molecule has 2 fully saturated rings. The van der Waals surface area contributed by atoms with Crippen molar-refractivity contribution >= 4 is 22.4 Å². The number of likely N-dealkylation sites (tertiary alicyclic amines) is 2. The van der Waals surface area contributed by atoms with E-state index in [2.05, 4.69) is 25.3 Å². The molecule has 1 aromatic heterocycles. The van der Waals surface area contributed by atoms with Crippen LogP contribution in [0.5, 0.6) is 0 Å². The first-order valence-corrected chi connectivity index (χ1v) is 10.1. The standard InChI is InChI=1S/C17H29N5O2S/c1-3-14-19-20-16(25-14)18-15(23)13(2)22-10-6-17(24,7-11-22)12-21-8-4-5-9-21/h13,24H,3-12H2,1-2H3,(H,18,20,23). The summed E-state index contributed by atoms with van der Waals surface area (Å²) in [5.74, 6) is -0.0521. The van der Waals surface area contributed by atoms with Crippen LogP contribution in [0.4, 0.5) is 5.13 Å². The number of nitrogens with zero attached hydrogens (tertiary/aromatic N) is 4. The average molecular weight is 368 g/mol. The zero-order chi connectivity index (χ0) is 17.9. The van der Waals surface area contributed by atoms with Gasteiger partial charge in [-0.25, -0.2) is 0 Å². The van der Waals surface area contributed by atoms with Crippen molar-refractivity contribution in [2.24, 2.45) is 0 Å². The lowest BCUT2D eigenvalue weighted by molar-refractivity contribution is -0.123. The zero-order valence-corrected chi connectivity index (χ0v) is 16.0. The molecule has 2 saturated heterocycles. The largest absolute Gasteiger partial charge is 0.388 e. The third-order valence-electron chi connectivity index (χ3n) is 5.37. The summed E-state index contributed by atoms with van der Waals surface area (Å²) in [6.07, 6.45) is 4.75. The number of rotatable bonds is 6. The lowest BCUT2D eigenvalue weighted by atomic mass is 9.90. The van der Waals surface area contributed by atoms with Crippen molar-refractivity contribution in [2.45, 2.75) is 57.6 Å². The van der Waals surface area contributed by atoms with Gasteiger partial charge in [0.1, 0.15) is 5.01 Å². The molecule has 2 N–H and O–H groups in total. The Bertz CT molecular complexity index is 579. The van der Waals surface area contributed by atoms with Gasteiger partial charge < -0.3 is 10.0 Å². The molecule has 0 radical (unpaired) electrons. The van der Waals surface area contributed by atoms with Gasteiger partial charge >= 0.3 is 0 Å². The number of nitrogens with one attached hydrogen (secondary N) is 1. The van der Waals surface area contributed by atoms with Gasteiger partial charge in [-0.3, -0.25) is 15.0 Å². The Hall–Kier alpha value is -1.09. The molecule has 0 saturated carbocycles. The summed E-state index contributed by atoms with van der Waals surface area (Å²) in [5.41, 5.74) is -0.605. The number of aliphatic hydroxyl groups is 1. The topological polar surface area (TPSA) is 81.6 Å². The van der Waals surface area contributed by atoms with Crippen LogP contribution in [0.3, 0.4) is 0 Å². The Kier molecular flexibility index (Phi) is 6.04. The number of aromatic nitrogens is 2. The summed E-state index contributed by atoms with van der Waals surface area (Å²) in [6, 6.07) is -0.231. The third-order valence-corrected chi connectivity index (χ3v) is 6.35. The molecule has 3 heterocycles. The minimum atomic E-state index is -0.605. The van der Waals surface area contributed by atoms with Crippen LogP contribution in [0.15, 0.2) is 0 Å². The third kappa shape index (κ3) is 4.75. The predicted molar refractivity (Wildman–Crippen MR) is 98.8 cm³/mol. The highest BCUT2D eigenvalue weighted by molar-refractivity contribution is 7.15. The number of carbonyl (C=O) groups excluding carboxylic acids is 1. The molecule has 140 valence electrons. The van der Waals surface area contributed by atoms with Crippen molar-refractivity contribution in [2.75, 3.05) is 38.0 Å². The normalized spacial score (nSPS) is 22.8. The van der Waals surface area contributed by atoms with Gasteiger partial charge in [0, 0.05) is 19.6 Å². The van der Waals surface area contributed by atoms with E-state index in [0.29, 0.717) is 5.13 Å². The van der Waals surface area contributed by atoms with Crippen LogP contribution in [-0.2, 0) is 11.2 Å². The fourth-order valence-corrected chi connectivity index (χ4v) is 4.35. The molecule has 0 aliphatic carbocycles. The highest BCUT2D eigenvalue weighted by atomic mass is 32.1. The molecule has 2 aliphatic heterocycles. The first-order valence-electron chi connectivity index (χ1n) is 9.31. The molecule has 7 nitrogen and oxygen atoms in total. The van der Waals surface area contributed by atoms with E-state index in [-0.39, 0.29) is 11.9 Å². The molecule has 0 aromatic carbocycles. The lowest BCUT2D eigenvalue weighted by Crippen LogP contribution is -2.54. The second kappa shape index (κ2) is 8.07. The van der Waals surface area contributed by atoms with Gasteiger partial charge in [-0.15, -0.1) is 10.2 Å². The van der Waals surface area contributed by atoms with E-state index in [1.807, 2.05) is 13.8 Å². The SMILES string of the molecule is CCc1nnc(NC(=O)C(C)N2CCC(O)(CN3CCCC3)CC2)s1. The Balaban J connectivity index is 1.48. The van der Waals surface area contributed by atoms with Crippen LogP contribution in [0.1, 0.15) is 44.5 Å². The fourth-order valence-electron chi connectivity index (χ4n) is 3.67. The summed E-state index contributed by atoms with van der Waals surface area (Å²) >= 11 is 1.42. The Labute approximate surface area is 153 Å². The number of hydrogen-bond acceptors (Lipinski definition) is 7. The van der Waals surface area contributed by atoms with E-state index in [0.717, 1.165) is 57.0 Å². The van der Waals surface area contributed by atoms with Crippen LogP contribution in [0, 0.1) is 0 Å². The number of anilines is 1. The maximum absolute atomic E-state index is 12.5. The van der Waals surface area contributed by atoms with Crippen molar-refractivity contribution in [1.29, 1.82) is 0 Å². The molecule has 0 bridgehead atoms. The predicted octanol–water partition coefficient (Wildman–Crippen LogP) is 1.35. The van der Waals surface area contributed by atoms with E-state index in [9.17, 15) is 9.90 Å². The summed E-state index contributed by atoms with van der Waals surface area (Å²) in [5, 5.41) is 23.2. The number of carbonyl (C=O) groups is 1. The van der Waals surface area contributed by atoms with Crippen molar-refractivity contribution in [3.8, 4) is 0 Å². The first kappa shape index (κ1) is 18.7. The molecule has 1 amide bonds. The minimum Gasteiger partial charge on any atom is -0.388 e. The lowest BCUT2D eigenvalue weighted by Gasteiger charge is -2.41. The monoisotopic (exact) mass is 367 g/mol. The maximum Gasteiger partial charge on any atom is 0.243 e. The van der Waals surface area contributed by atoms with Crippen molar-refractivity contribution in [3.05, 3.63) is 5.01 Å². The van der Waals surface area contributed by atoms with Gasteiger partial charge in [0.25, 0.3) is 0 Å². The second-order valence-electron chi connectivity index (χ2n) is 7.26. The van der Waals surface area contributed by atoms with Crippen LogP contribution < -0.4 is 5.32 Å². The molecule has 3 rings (SSSR count). The van der Waals surface area contributed by atoms with Gasteiger partial charge in [-0.2, -0.15) is 0 Å². The van der Waals surface area contributed by atoms with E-state index < -0.39 is 5.60 Å². The summed E-state index contributed by atoms with van der Waals surface area (Å²) in [7, 11) is 0. The molecule has 8 heteroatoms. The van der Waals surface area contributed by atoms with Crippen LogP contribution in [0.25, 0.3) is 0 Å². The molecule has 1 unspecified atom stereocenters. The van der Waals surface area contributed by atoms with Crippen LogP contribution in [0.2, 0.25) is 0 Å². The number of amides is 1. The highest BCUT2D eigenvalue weighted by Crippen LogP contribution is 2.26. The zero-order valence-electron chi connectivity index (χ0n) is 15.2. The van der Waals surface area contributed by atoms with E-state index in [1.54, 1.807) is 0 Å². The van der Waals surface area contributed by atoms with Gasteiger partial charge in [-0.05, 0) is 52.1 Å². The number of piperidine rings is 1. The van der Waals surface area contributed by atoms with Gasteiger partial charge in [0.05, 0.1) is 11.6 Å². The minimum absolute atomic E-state index is 0.0521. The molecule has 1 atom stereocenters. The van der Waals surface area contributed by atoms with E-state index >= 15 is 0 Å². The Morgan fingerprint density at radius 3 is 2.56 bits per heavy atom. The van der Waals surface area contributed by atoms with Crippen molar-refractivity contribution < 1.29 is 9.90 Å². The maximum atomic E-state index is 12.5. The number of hydrogen-bond donors (Lipinski definition) is 2. The fraction of sp³-hybridized carbons (Fsp3) is 0.824. The Morgan fingerprint density at radius 2 is 1.96 bits per heavy atom. The van der Waals surface area contributed by atoms with Crippen molar-refractivity contribution in [3.63, 3.8) is 0 Å². The molecular formula is C17H29N5O2S. The quantitative estimate of drug-likeness (QED) is 0.790. The summed E-state index contributed by atoms with van der Waals surface area (Å²) in [4.78, 5) is 17.0. The molecule has 0 spiro atoms. The molecular weight excluding hydrogens is 338 g/mol. The highest BCUT2D eigenvalue weighted by Gasteiger charge is 2.37. The summed E-state index contributed by atoms with van der Waals surface area (Å²) < 4.78 is 0. The molecule has 1 aromatic rings. The number of aryl methyl sites for hydroxylation is 1. The van der Waals surface area contributed by atoms with Crippen LogP contribution >= 0.6 is 11.3 Å². The first-order chi connectivity index (χ1) is 12.0.